The topological polar surface area (TPSA) is 47.0 Å². The lowest BCUT2D eigenvalue weighted by molar-refractivity contribution is 0.459. The van der Waals surface area contributed by atoms with Gasteiger partial charge in [-0.3, -0.25) is 4.98 Å². The summed E-state index contributed by atoms with van der Waals surface area (Å²) < 4.78 is 5.51. The Morgan fingerprint density at radius 2 is 2.06 bits per heavy atom. The highest BCUT2D eigenvalue weighted by atomic mass is 35.5. The number of halogens is 2. The van der Waals surface area contributed by atoms with Crippen molar-refractivity contribution in [2.75, 3.05) is 7.05 Å². The Morgan fingerprint density at radius 3 is 2.72 bits per heavy atom. The van der Waals surface area contributed by atoms with E-state index in [2.05, 4.69) is 15.3 Å². The third-order valence-electron chi connectivity index (χ3n) is 2.17. The van der Waals surface area contributed by atoms with Gasteiger partial charge in [0.15, 0.2) is 0 Å². The van der Waals surface area contributed by atoms with Crippen LogP contribution in [0.2, 0.25) is 10.0 Å². The highest BCUT2D eigenvalue weighted by molar-refractivity contribution is 6.42. The molecule has 0 fully saturated rings. The lowest BCUT2D eigenvalue weighted by Gasteiger charge is -2.07. The first-order valence-electron chi connectivity index (χ1n) is 5.28. The second kappa shape index (κ2) is 6.00. The van der Waals surface area contributed by atoms with Crippen molar-refractivity contribution < 1.29 is 4.74 Å². The molecule has 1 aromatic heterocycles. The van der Waals surface area contributed by atoms with Gasteiger partial charge in [0.25, 0.3) is 0 Å². The molecule has 0 atom stereocenters. The number of nitrogens with one attached hydrogen (secondary N) is 1. The van der Waals surface area contributed by atoms with Gasteiger partial charge in [-0.25, -0.2) is 4.98 Å². The van der Waals surface area contributed by atoms with Crippen LogP contribution in [0.1, 0.15) is 5.69 Å². The fraction of sp³-hybridized carbons (Fsp3) is 0.167. The summed E-state index contributed by atoms with van der Waals surface area (Å²) in [5, 5.41) is 3.79. The van der Waals surface area contributed by atoms with Crippen LogP contribution in [0.3, 0.4) is 0 Å². The monoisotopic (exact) mass is 283 g/mol. The highest BCUT2D eigenvalue weighted by Gasteiger charge is 2.07. The molecule has 1 heterocycles. The predicted molar refractivity (Wildman–Crippen MR) is 71.3 cm³/mol. The zero-order valence-corrected chi connectivity index (χ0v) is 11.2. The zero-order chi connectivity index (χ0) is 13.0. The van der Waals surface area contributed by atoms with E-state index in [1.165, 1.54) is 0 Å². The number of hydrogen-bond acceptors (Lipinski definition) is 4. The molecule has 2 rings (SSSR count). The van der Waals surface area contributed by atoms with Crippen molar-refractivity contribution in [3.8, 4) is 11.6 Å². The van der Waals surface area contributed by atoms with E-state index >= 15 is 0 Å². The van der Waals surface area contributed by atoms with Crippen LogP contribution < -0.4 is 10.1 Å². The van der Waals surface area contributed by atoms with Crippen molar-refractivity contribution in [1.82, 2.24) is 15.3 Å². The van der Waals surface area contributed by atoms with Crippen LogP contribution in [-0.4, -0.2) is 17.0 Å². The molecule has 0 spiro atoms. The van der Waals surface area contributed by atoms with E-state index in [9.17, 15) is 0 Å². The molecule has 0 aliphatic rings. The molecule has 6 heteroatoms. The van der Waals surface area contributed by atoms with E-state index < -0.39 is 0 Å². The van der Waals surface area contributed by atoms with Crippen LogP contribution in [0.15, 0.2) is 30.6 Å². The Morgan fingerprint density at radius 1 is 1.22 bits per heavy atom. The summed E-state index contributed by atoms with van der Waals surface area (Å²) in [6.45, 7) is 0.658. The van der Waals surface area contributed by atoms with Crippen molar-refractivity contribution in [3.05, 3.63) is 46.3 Å². The summed E-state index contributed by atoms with van der Waals surface area (Å²) in [5.74, 6) is 0.832. The van der Waals surface area contributed by atoms with Crippen molar-refractivity contribution in [3.63, 3.8) is 0 Å². The summed E-state index contributed by atoms with van der Waals surface area (Å²) in [4.78, 5) is 8.33. The van der Waals surface area contributed by atoms with Crippen molar-refractivity contribution >= 4 is 23.2 Å². The number of rotatable bonds is 4. The molecule has 94 valence electrons. The Bertz CT molecular complexity index is 531. The average Bonchev–Trinajstić information content (AvgIpc) is 2.38. The smallest absolute Gasteiger partial charge is 0.237 e. The van der Waals surface area contributed by atoms with Crippen LogP contribution >= 0.6 is 23.2 Å². The Kier molecular flexibility index (Phi) is 4.36. The van der Waals surface area contributed by atoms with E-state index in [0.717, 1.165) is 5.69 Å². The largest absolute Gasteiger partial charge is 0.436 e. The van der Waals surface area contributed by atoms with Crippen molar-refractivity contribution in [2.24, 2.45) is 0 Å². The first-order valence-corrected chi connectivity index (χ1v) is 6.03. The summed E-state index contributed by atoms with van der Waals surface area (Å²) >= 11 is 11.9. The molecule has 0 radical (unpaired) electrons. The van der Waals surface area contributed by atoms with Gasteiger partial charge in [0, 0.05) is 6.54 Å². The van der Waals surface area contributed by atoms with Gasteiger partial charge in [-0.05, 0) is 19.2 Å². The molecular weight excluding hydrogens is 273 g/mol. The molecular formula is C12H11Cl2N3O. The summed E-state index contributed by atoms with van der Waals surface area (Å²) in [6.07, 6.45) is 3.19. The molecule has 1 aromatic carbocycles. The molecule has 1 N–H and O–H groups in total. The van der Waals surface area contributed by atoms with Gasteiger partial charge < -0.3 is 10.1 Å². The number of hydrogen-bond donors (Lipinski definition) is 1. The van der Waals surface area contributed by atoms with Gasteiger partial charge in [0.05, 0.1) is 23.1 Å². The molecule has 0 saturated carbocycles. The van der Waals surface area contributed by atoms with Gasteiger partial charge in [-0.2, -0.15) is 0 Å². The number of nitrogens with zero attached hydrogens (tertiary/aromatic N) is 2. The fourth-order valence-electron chi connectivity index (χ4n) is 1.34. The molecule has 0 saturated heterocycles. The lowest BCUT2D eigenvalue weighted by atomic mass is 10.3. The number of ether oxygens (including phenoxy) is 1. The molecule has 18 heavy (non-hydrogen) atoms. The summed E-state index contributed by atoms with van der Waals surface area (Å²) in [7, 11) is 1.85. The molecule has 0 bridgehead atoms. The van der Waals surface area contributed by atoms with Crippen molar-refractivity contribution in [2.45, 2.75) is 6.54 Å². The van der Waals surface area contributed by atoms with Gasteiger partial charge >= 0.3 is 0 Å². The Balaban J connectivity index is 2.16. The minimum Gasteiger partial charge on any atom is -0.436 e. The third kappa shape index (κ3) is 3.10. The molecule has 2 aromatic rings. The van der Waals surface area contributed by atoms with Gasteiger partial charge in [0.1, 0.15) is 10.8 Å². The lowest BCUT2D eigenvalue weighted by Crippen LogP contribution is -2.07. The van der Waals surface area contributed by atoms with Crippen LogP contribution in [0.4, 0.5) is 0 Å². The number of aromatic nitrogens is 2. The van der Waals surface area contributed by atoms with E-state index in [1.54, 1.807) is 30.6 Å². The first kappa shape index (κ1) is 13.1. The standard InChI is InChI=1S/C12H11Cl2N3O/c1-15-5-8-6-17-11(7-16-8)18-10-4-2-3-9(13)12(10)14/h2-4,6-7,15H,5H2,1H3. The maximum Gasteiger partial charge on any atom is 0.237 e. The summed E-state index contributed by atoms with van der Waals surface area (Å²) in [6, 6.07) is 5.17. The SMILES string of the molecule is CNCc1cnc(Oc2cccc(Cl)c2Cl)cn1. The zero-order valence-electron chi connectivity index (χ0n) is 9.65. The Hall–Kier alpha value is -1.36. The number of benzene rings is 1. The molecule has 4 nitrogen and oxygen atoms in total. The quantitative estimate of drug-likeness (QED) is 0.935. The fourth-order valence-corrected chi connectivity index (χ4v) is 1.67. The molecule has 0 aliphatic carbocycles. The normalized spacial score (nSPS) is 10.4. The van der Waals surface area contributed by atoms with E-state index in [4.69, 9.17) is 27.9 Å². The Labute approximate surface area is 115 Å². The van der Waals surface area contributed by atoms with E-state index in [0.29, 0.717) is 28.2 Å². The molecule has 0 aliphatic heterocycles. The van der Waals surface area contributed by atoms with Gasteiger partial charge in [-0.15, -0.1) is 0 Å². The highest BCUT2D eigenvalue weighted by Crippen LogP contribution is 2.33. The molecule has 0 amide bonds. The van der Waals surface area contributed by atoms with Gasteiger partial charge in [-0.1, -0.05) is 29.3 Å². The predicted octanol–water partition coefficient (Wildman–Crippen LogP) is 3.30. The summed E-state index contributed by atoms with van der Waals surface area (Å²) in [5.41, 5.74) is 0.835. The minimum absolute atomic E-state index is 0.361. The third-order valence-corrected chi connectivity index (χ3v) is 2.97. The van der Waals surface area contributed by atoms with E-state index in [-0.39, 0.29) is 0 Å². The minimum atomic E-state index is 0.361. The van der Waals surface area contributed by atoms with Crippen LogP contribution in [0.5, 0.6) is 11.6 Å². The van der Waals surface area contributed by atoms with Crippen molar-refractivity contribution in [1.29, 1.82) is 0 Å². The van der Waals surface area contributed by atoms with E-state index in [1.807, 2.05) is 7.05 Å². The van der Waals surface area contributed by atoms with Crippen LogP contribution in [0, 0.1) is 0 Å². The van der Waals surface area contributed by atoms with Crippen LogP contribution in [0.25, 0.3) is 0 Å². The first-order chi connectivity index (χ1) is 8.70. The van der Waals surface area contributed by atoms with Crippen LogP contribution in [-0.2, 0) is 6.54 Å². The van der Waals surface area contributed by atoms with Gasteiger partial charge in [0.2, 0.25) is 5.88 Å². The average molecular weight is 284 g/mol. The maximum absolute atomic E-state index is 6.01. The second-order valence-corrected chi connectivity index (χ2v) is 4.32. The maximum atomic E-state index is 6.01. The second-order valence-electron chi connectivity index (χ2n) is 3.53. The molecule has 0 unspecified atom stereocenters.